The van der Waals surface area contributed by atoms with Crippen molar-refractivity contribution in [3.05, 3.63) is 34.4 Å². The lowest BCUT2D eigenvalue weighted by atomic mass is 10.3. The molecule has 0 saturated carbocycles. The molecule has 2 aromatic rings. The molecule has 110 valence electrons. The molecule has 0 bridgehead atoms. The van der Waals surface area contributed by atoms with Crippen molar-refractivity contribution in [2.75, 3.05) is 19.1 Å². The summed E-state index contributed by atoms with van der Waals surface area (Å²) in [6, 6.07) is 5.49. The standard InChI is InChI=1S/C12H12N4O4S/c1-19-9-5-7(16(17)18)3-4-8(9)20-11-6-10(13)14-12(15-11)21-2/h3-6H,1-2H3,(H2,13,14,15). The normalized spacial score (nSPS) is 10.2. The molecule has 0 saturated heterocycles. The van der Waals surface area contributed by atoms with Gasteiger partial charge in [0.15, 0.2) is 16.7 Å². The van der Waals surface area contributed by atoms with Gasteiger partial charge in [-0.3, -0.25) is 10.1 Å². The van der Waals surface area contributed by atoms with E-state index in [1.54, 1.807) is 0 Å². The molecular weight excluding hydrogens is 296 g/mol. The van der Waals surface area contributed by atoms with Crippen molar-refractivity contribution in [1.29, 1.82) is 0 Å². The first-order valence-corrected chi connectivity index (χ1v) is 6.94. The van der Waals surface area contributed by atoms with Crippen LogP contribution < -0.4 is 15.2 Å². The first-order valence-electron chi connectivity index (χ1n) is 5.72. The van der Waals surface area contributed by atoms with Crippen LogP contribution in [-0.2, 0) is 0 Å². The van der Waals surface area contributed by atoms with Gasteiger partial charge in [-0.25, -0.2) is 4.98 Å². The van der Waals surface area contributed by atoms with Crippen molar-refractivity contribution in [2.45, 2.75) is 5.16 Å². The maximum Gasteiger partial charge on any atom is 0.273 e. The van der Waals surface area contributed by atoms with Crippen LogP contribution in [0.4, 0.5) is 11.5 Å². The molecule has 0 aliphatic carbocycles. The number of rotatable bonds is 5. The van der Waals surface area contributed by atoms with Gasteiger partial charge in [0.1, 0.15) is 5.82 Å². The molecule has 9 heteroatoms. The third kappa shape index (κ3) is 3.51. The smallest absolute Gasteiger partial charge is 0.273 e. The maximum atomic E-state index is 10.7. The molecule has 1 aromatic carbocycles. The number of anilines is 1. The predicted molar refractivity (Wildman–Crippen MR) is 77.9 cm³/mol. The van der Waals surface area contributed by atoms with E-state index in [0.717, 1.165) is 0 Å². The molecule has 8 nitrogen and oxygen atoms in total. The number of nitro benzene ring substituents is 1. The number of hydrogen-bond donors (Lipinski definition) is 1. The van der Waals surface area contributed by atoms with Gasteiger partial charge in [0, 0.05) is 12.1 Å². The van der Waals surface area contributed by atoms with Crippen molar-refractivity contribution in [2.24, 2.45) is 0 Å². The Morgan fingerprint density at radius 2 is 2.05 bits per heavy atom. The van der Waals surface area contributed by atoms with Crippen LogP contribution in [0.5, 0.6) is 17.4 Å². The lowest BCUT2D eigenvalue weighted by molar-refractivity contribution is -0.384. The number of nitrogen functional groups attached to an aromatic ring is 1. The molecule has 1 aromatic heterocycles. The second-order valence-electron chi connectivity index (χ2n) is 3.81. The van der Waals surface area contributed by atoms with E-state index < -0.39 is 4.92 Å². The molecule has 2 N–H and O–H groups in total. The summed E-state index contributed by atoms with van der Waals surface area (Å²) in [5, 5.41) is 11.2. The molecule has 0 aliphatic rings. The third-order valence-corrected chi connectivity index (χ3v) is 3.00. The third-order valence-electron chi connectivity index (χ3n) is 2.46. The van der Waals surface area contributed by atoms with Crippen molar-refractivity contribution in [3.8, 4) is 17.4 Å². The minimum Gasteiger partial charge on any atom is -0.493 e. The number of nitrogens with zero attached hydrogens (tertiary/aromatic N) is 3. The lowest BCUT2D eigenvalue weighted by Crippen LogP contribution is -1.98. The van der Waals surface area contributed by atoms with Gasteiger partial charge in [0.2, 0.25) is 5.88 Å². The van der Waals surface area contributed by atoms with Gasteiger partial charge in [0.05, 0.1) is 18.1 Å². The van der Waals surface area contributed by atoms with Gasteiger partial charge in [-0.2, -0.15) is 4.98 Å². The van der Waals surface area contributed by atoms with Crippen LogP contribution in [0.1, 0.15) is 0 Å². The number of hydrogen-bond acceptors (Lipinski definition) is 8. The molecule has 21 heavy (non-hydrogen) atoms. The molecule has 2 rings (SSSR count). The fraction of sp³-hybridized carbons (Fsp3) is 0.167. The van der Waals surface area contributed by atoms with Crippen LogP contribution in [0.2, 0.25) is 0 Å². The summed E-state index contributed by atoms with van der Waals surface area (Å²) in [6.45, 7) is 0. The maximum absolute atomic E-state index is 10.7. The van der Waals surface area contributed by atoms with Crippen LogP contribution >= 0.6 is 11.8 Å². The Morgan fingerprint density at radius 1 is 1.29 bits per heavy atom. The quantitative estimate of drug-likeness (QED) is 0.388. The Labute approximate surface area is 124 Å². The minimum absolute atomic E-state index is 0.0915. The van der Waals surface area contributed by atoms with E-state index in [4.69, 9.17) is 15.2 Å². The highest BCUT2D eigenvalue weighted by Gasteiger charge is 2.14. The largest absolute Gasteiger partial charge is 0.493 e. The van der Waals surface area contributed by atoms with Crippen LogP contribution in [0, 0.1) is 10.1 Å². The Balaban J connectivity index is 2.35. The number of non-ortho nitro benzene ring substituents is 1. The number of nitrogens with two attached hydrogens (primary N) is 1. The summed E-state index contributed by atoms with van der Waals surface area (Å²) in [4.78, 5) is 18.4. The van der Waals surface area contributed by atoms with Crippen LogP contribution in [0.15, 0.2) is 29.4 Å². The molecule has 1 heterocycles. The zero-order valence-electron chi connectivity index (χ0n) is 11.3. The Morgan fingerprint density at radius 3 is 2.67 bits per heavy atom. The molecule has 0 amide bonds. The molecule has 0 fully saturated rings. The molecule has 0 unspecified atom stereocenters. The van der Waals surface area contributed by atoms with Crippen molar-refractivity contribution >= 4 is 23.3 Å². The van der Waals surface area contributed by atoms with E-state index in [2.05, 4.69) is 9.97 Å². The average Bonchev–Trinajstić information content (AvgIpc) is 2.46. The van der Waals surface area contributed by atoms with Gasteiger partial charge in [-0.15, -0.1) is 0 Å². The first-order chi connectivity index (χ1) is 10.0. The van der Waals surface area contributed by atoms with E-state index in [-0.39, 0.29) is 23.1 Å². The van der Waals surface area contributed by atoms with Gasteiger partial charge in [-0.1, -0.05) is 11.8 Å². The molecule has 0 radical (unpaired) electrons. The lowest BCUT2D eigenvalue weighted by Gasteiger charge is -2.10. The highest BCUT2D eigenvalue weighted by atomic mass is 32.2. The molecular formula is C12H12N4O4S. The second-order valence-corrected chi connectivity index (χ2v) is 4.59. The highest BCUT2D eigenvalue weighted by molar-refractivity contribution is 7.98. The van der Waals surface area contributed by atoms with E-state index >= 15 is 0 Å². The van der Waals surface area contributed by atoms with Crippen molar-refractivity contribution in [1.82, 2.24) is 9.97 Å². The summed E-state index contributed by atoms with van der Waals surface area (Å²) in [6.07, 6.45) is 1.81. The Kier molecular flexibility index (Phi) is 4.43. The van der Waals surface area contributed by atoms with E-state index in [9.17, 15) is 10.1 Å². The van der Waals surface area contributed by atoms with Crippen LogP contribution in [-0.4, -0.2) is 28.3 Å². The van der Waals surface area contributed by atoms with Crippen LogP contribution in [0.3, 0.4) is 0 Å². The van der Waals surface area contributed by atoms with Gasteiger partial charge < -0.3 is 15.2 Å². The second kappa shape index (κ2) is 6.27. The summed E-state index contributed by atoms with van der Waals surface area (Å²) in [7, 11) is 1.40. The SMILES string of the molecule is COc1cc([N+](=O)[O-])ccc1Oc1cc(N)nc(SC)n1. The van der Waals surface area contributed by atoms with Gasteiger partial charge in [0.25, 0.3) is 5.69 Å². The topological polar surface area (TPSA) is 113 Å². The van der Waals surface area contributed by atoms with Gasteiger partial charge in [-0.05, 0) is 12.3 Å². The predicted octanol–water partition coefficient (Wildman–Crippen LogP) is 2.49. The number of ether oxygens (including phenoxy) is 2. The van der Waals surface area contributed by atoms with Gasteiger partial charge >= 0.3 is 0 Å². The summed E-state index contributed by atoms with van der Waals surface area (Å²) in [5.41, 5.74) is 5.57. The number of benzene rings is 1. The van der Waals surface area contributed by atoms with E-state index in [0.29, 0.717) is 10.9 Å². The van der Waals surface area contributed by atoms with Crippen molar-refractivity contribution in [3.63, 3.8) is 0 Å². The Hall–Kier alpha value is -2.55. The average molecular weight is 308 g/mol. The number of methoxy groups -OCH3 is 1. The van der Waals surface area contributed by atoms with Crippen LogP contribution in [0.25, 0.3) is 0 Å². The molecule has 0 atom stereocenters. The zero-order valence-corrected chi connectivity index (χ0v) is 12.1. The summed E-state index contributed by atoms with van der Waals surface area (Å²) >= 11 is 1.32. The fourth-order valence-electron chi connectivity index (χ4n) is 1.53. The highest BCUT2D eigenvalue weighted by Crippen LogP contribution is 2.34. The number of aromatic nitrogens is 2. The first kappa shape index (κ1) is 14.9. The van der Waals surface area contributed by atoms with E-state index in [1.807, 2.05) is 6.26 Å². The molecule has 0 spiro atoms. The number of nitro groups is 1. The minimum atomic E-state index is -0.513. The summed E-state index contributed by atoms with van der Waals surface area (Å²) in [5.74, 6) is 1.03. The number of thioether (sulfide) groups is 1. The monoisotopic (exact) mass is 308 g/mol. The van der Waals surface area contributed by atoms with Crippen molar-refractivity contribution < 1.29 is 14.4 Å². The van der Waals surface area contributed by atoms with E-state index in [1.165, 1.54) is 43.1 Å². The molecule has 0 aliphatic heterocycles. The summed E-state index contributed by atoms with van der Waals surface area (Å²) < 4.78 is 10.7. The fourth-order valence-corrected chi connectivity index (χ4v) is 1.91. The zero-order chi connectivity index (χ0) is 15.4. The Bertz CT molecular complexity index is 680.